The lowest BCUT2D eigenvalue weighted by molar-refractivity contribution is -0.111. The van der Waals surface area contributed by atoms with Crippen LogP contribution in [-0.2, 0) is 4.79 Å². The third-order valence-electron chi connectivity index (χ3n) is 4.72. The minimum atomic E-state index is -0.602. The summed E-state index contributed by atoms with van der Waals surface area (Å²) in [6, 6.07) is 10.4. The van der Waals surface area contributed by atoms with Gasteiger partial charge in [0.05, 0.1) is 18.4 Å². The van der Waals surface area contributed by atoms with Crippen molar-refractivity contribution in [2.75, 3.05) is 12.4 Å². The Labute approximate surface area is 163 Å². The number of ether oxygens (including phenoxy) is 1. The van der Waals surface area contributed by atoms with Gasteiger partial charge in [0, 0.05) is 23.1 Å². The Morgan fingerprint density at radius 3 is 2.54 bits per heavy atom. The summed E-state index contributed by atoms with van der Waals surface area (Å²) in [6.07, 6.45) is 1.46. The van der Waals surface area contributed by atoms with Crippen LogP contribution in [0.5, 0.6) is 5.75 Å². The number of methoxy groups -OCH3 is 1. The van der Waals surface area contributed by atoms with E-state index in [0.29, 0.717) is 17.0 Å². The Morgan fingerprint density at radius 1 is 1.14 bits per heavy atom. The number of aryl methyl sites for hydroxylation is 2. The van der Waals surface area contributed by atoms with Gasteiger partial charge in [0.15, 0.2) is 0 Å². The van der Waals surface area contributed by atoms with Crippen molar-refractivity contribution in [3.05, 3.63) is 64.9 Å². The second-order valence-electron chi connectivity index (χ2n) is 6.56. The number of allylic oxidation sites excluding steroid dienone is 1. The van der Waals surface area contributed by atoms with Crippen molar-refractivity contribution >= 4 is 34.0 Å². The van der Waals surface area contributed by atoms with Gasteiger partial charge in [-0.3, -0.25) is 9.59 Å². The van der Waals surface area contributed by atoms with Gasteiger partial charge in [-0.2, -0.15) is 0 Å². The first-order valence-electron chi connectivity index (χ1n) is 8.78. The molecule has 0 spiro atoms. The average molecular weight is 378 g/mol. The molecule has 3 rings (SSSR count). The van der Waals surface area contributed by atoms with Gasteiger partial charge < -0.3 is 20.2 Å². The van der Waals surface area contributed by atoms with E-state index >= 15 is 0 Å². The number of primary amides is 1. The summed E-state index contributed by atoms with van der Waals surface area (Å²) < 4.78 is 11.2. The fourth-order valence-electron chi connectivity index (χ4n) is 3.10. The molecule has 2 aromatic carbocycles. The molecule has 0 radical (unpaired) electrons. The van der Waals surface area contributed by atoms with Crippen LogP contribution in [0.15, 0.2) is 46.9 Å². The van der Waals surface area contributed by atoms with Crippen LogP contribution >= 0.6 is 0 Å². The number of hydrogen-bond donors (Lipinski definition) is 2. The number of benzene rings is 2. The quantitative estimate of drug-likeness (QED) is 0.651. The second kappa shape index (κ2) is 7.60. The number of hydrogen-bond acceptors (Lipinski definition) is 4. The van der Waals surface area contributed by atoms with Gasteiger partial charge in [0.2, 0.25) is 5.91 Å². The average Bonchev–Trinajstić information content (AvgIpc) is 2.94. The number of furan rings is 1. The smallest absolute Gasteiger partial charge is 0.250 e. The molecular formula is C22H22N2O4. The van der Waals surface area contributed by atoms with Gasteiger partial charge in [-0.05, 0) is 50.1 Å². The Hall–Kier alpha value is -3.54. The number of nitrogens with two attached hydrogens (primary N) is 1. The monoisotopic (exact) mass is 378 g/mol. The van der Waals surface area contributed by atoms with Gasteiger partial charge in [0.25, 0.3) is 5.91 Å². The molecule has 0 aliphatic heterocycles. The van der Waals surface area contributed by atoms with E-state index in [-0.39, 0.29) is 11.5 Å². The summed E-state index contributed by atoms with van der Waals surface area (Å²) in [5.74, 6) is 0.486. The topological polar surface area (TPSA) is 94.6 Å². The van der Waals surface area contributed by atoms with E-state index in [1.165, 1.54) is 6.08 Å². The van der Waals surface area contributed by atoms with Crippen molar-refractivity contribution < 1.29 is 18.7 Å². The molecule has 0 unspecified atom stereocenters. The lowest BCUT2D eigenvalue weighted by atomic mass is 10.0. The lowest BCUT2D eigenvalue weighted by Crippen LogP contribution is -2.17. The Balaban J connectivity index is 1.96. The van der Waals surface area contributed by atoms with Crippen LogP contribution in [0.1, 0.15) is 34.2 Å². The molecule has 2 amide bonds. The zero-order valence-electron chi connectivity index (χ0n) is 16.3. The molecule has 0 atom stereocenters. The highest BCUT2D eigenvalue weighted by Gasteiger charge is 2.15. The van der Waals surface area contributed by atoms with Gasteiger partial charge in [-0.1, -0.05) is 12.1 Å². The molecule has 0 fully saturated rings. The van der Waals surface area contributed by atoms with Gasteiger partial charge in [0.1, 0.15) is 17.1 Å². The van der Waals surface area contributed by atoms with E-state index in [0.717, 1.165) is 27.9 Å². The summed E-state index contributed by atoms with van der Waals surface area (Å²) >= 11 is 0. The highest BCUT2D eigenvalue weighted by Crippen LogP contribution is 2.34. The molecule has 0 bridgehead atoms. The molecule has 6 heteroatoms. The van der Waals surface area contributed by atoms with Crippen LogP contribution in [0.4, 0.5) is 5.69 Å². The van der Waals surface area contributed by atoms with Crippen molar-refractivity contribution in [2.45, 2.75) is 20.8 Å². The molecule has 1 heterocycles. The Kier molecular flexibility index (Phi) is 5.22. The molecule has 28 heavy (non-hydrogen) atoms. The summed E-state index contributed by atoms with van der Waals surface area (Å²) in [5.41, 5.74) is 9.27. The standard InChI is InChI=1S/C22H22N2O4/c1-12(9-21(25)24-18-8-6-5-7-15(18)22(23)26)16-10-17-13(2)14(3)28-20(17)11-19(16)27-4/h5-11H,1-4H3,(H2,23,26)(H,24,25)/b12-9+. The van der Waals surface area contributed by atoms with Gasteiger partial charge >= 0.3 is 0 Å². The van der Waals surface area contributed by atoms with E-state index in [4.69, 9.17) is 14.9 Å². The number of carbonyl (C=O) groups is 2. The van der Waals surface area contributed by atoms with E-state index in [1.807, 2.05) is 32.9 Å². The van der Waals surface area contributed by atoms with E-state index in [9.17, 15) is 9.59 Å². The number of rotatable bonds is 5. The van der Waals surface area contributed by atoms with Crippen LogP contribution in [0.2, 0.25) is 0 Å². The number of nitrogens with one attached hydrogen (secondary N) is 1. The zero-order valence-corrected chi connectivity index (χ0v) is 16.3. The number of amides is 2. The highest BCUT2D eigenvalue weighted by molar-refractivity contribution is 6.08. The normalized spacial score (nSPS) is 11.5. The van der Waals surface area contributed by atoms with E-state index in [1.54, 1.807) is 31.4 Å². The lowest BCUT2D eigenvalue weighted by Gasteiger charge is -2.10. The molecule has 3 aromatic rings. The van der Waals surface area contributed by atoms with Crippen LogP contribution < -0.4 is 15.8 Å². The van der Waals surface area contributed by atoms with Crippen molar-refractivity contribution in [1.82, 2.24) is 0 Å². The minimum absolute atomic E-state index is 0.255. The van der Waals surface area contributed by atoms with Crippen LogP contribution in [0, 0.1) is 13.8 Å². The fourth-order valence-corrected chi connectivity index (χ4v) is 3.10. The second-order valence-corrected chi connectivity index (χ2v) is 6.56. The number of para-hydroxylation sites is 1. The van der Waals surface area contributed by atoms with Crippen molar-refractivity contribution in [2.24, 2.45) is 5.73 Å². The SMILES string of the molecule is COc1cc2oc(C)c(C)c2cc1/C(C)=C/C(=O)Nc1ccccc1C(N)=O. The summed E-state index contributed by atoms with van der Waals surface area (Å²) in [7, 11) is 1.57. The first-order chi connectivity index (χ1) is 13.3. The third kappa shape index (κ3) is 3.62. The van der Waals surface area contributed by atoms with Gasteiger partial charge in [-0.25, -0.2) is 0 Å². The van der Waals surface area contributed by atoms with E-state index in [2.05, 4.69) is 5.32 Å². The Morgan fingerprint density at radius 2 is 1.86 bits per heavy atom. The van der Waals surface area contributed by atoms with Crippen LogP contribution in [0.25, 0.3) is 16.5 Å². The molecule has 0 saturated heterocycles. The molecule has 0 saturated carbocycles. The molecule has 0 aliphatic rings. The molecule has 1 aromatic heterocycles. The third-order valence-corrected chi connectivity index (χ3v) is 4.72. The number of anilines is 1. The minimum Gasteiger partial charge on any atom is -0.496 e. The zero-order chi connectivity index (χ0) is 20.4. The molecule has 0 aliphatic carbocycles. The molecule has 144 valence electrons. The van der Waals surface area contributed by atoms with Crippen molar-refractivity contribution in [3.63, 3.8) is 0 Å². The molecule has 3 N–H and O–H groups in total. The van der Waals surface area contributed by atoms with E-state index < -0.39 is 5.91 Å². The summed E-state index contributed by atoms with van der Waals surface area (Å²) in [4.78, 5) is 24.0. The van der Waals surface area contributed by atoms with Gasteiger partial charge in [-0.15, -0.1) is 0 Å². The highest BCUT2D eigenvalue weighted by atomic mass is 16.5. The fraction of sp³-hybridized carbons (Fsp3) is 0.182. The first kappa shape index (κ1) is 19.2. The Bertz CT molecular complexity index is 1110. The van der Waals surface area contributed by atoms with Crippen LogP contribution in [0.3, 0.4) is 0 Å². The maximum Gasteiger partial charge on any atom is 0.250 e. The number of fused-ring (bicyclic) bond motifs is 1. The number of carbonyl (C=O) groups excluding carboxylic acids is 2. The maximum atomic E-state index is 12.5. The molecule has 6 nitrogen and oxygen atoms in total. The maximum absolute atomic E-state index is 12.5. The predicted octanol–water partition coefficient (Wildman–Crippen LogP) is 4.20. The predicted molar refractivity (Wildman–Crippen MR) is 109 cm³/mol. The van der Waals surface area contributed by atoms with Crippen LogP contribution in [-0.4, -0.2) is 18.9 Å². The van der Waals surface area contributed by atoms with Crippen molar-refractivity contribution in [3.8, 4) is 5.75 Å². The first-order valence-corrected chi connectivity index (χ1v) is 8.78. The summed E-state index contributed by atoms with van der Waals surface area (Å²) in [5, 5.41) is 3.68. The van der Waals surface area contributed by atoms with Crippen molar-refractivity contribution in [1.29, 1.82) is 0 Å². The summed E-state index contributed by atoms with van der Waals surface area (Å²) in [6.45, 7) is 5.73. The molecular weight excluding hydrogens is 356 g/mol. The largest absolute Gasteiger partial charge is 0.496 e.